The second kappa shape index (κ2) is 51.0. The van der Waals surface area contributed by atoms with Crippen molar-refractivity contribution in [2.45, 2.75) is 226 Å². The van der Waals surface area contributed by atoms with Crippen LogP contribution in [0.5, 0.6) is 5.75 Å². The van der Waals surface area contributed by atoms with Crippen LogP contribution in [0.25, 0.3) is 0 Å². The second-order valence-electron chi connectivity index (χ2n) is 27.9. The van der Waals surface area contributed by atoms with E-state index in [0.717, 1.165) is 12.8 Å². The smallest absolute Gasteiger partial charge is 0.449 e. The van der Waals surface area contributed by atoms with Crippen LogP contribution in [-0.2, 0) is 94.4 Å². The van der Waals surface area contributed by atoms with Gasteiger partial charge in [0, 0.05) is 99.6 Å². The van der Waals surface area contributed by atoms with E-state index in [1.54, 1.807) is 36.9 Å². The highest BCUT2D eigenvalue weighted by Gasteiger charge is 2.46. The van der Waals surface area contributed by atoms with Gasteiger partial charge in [0.05, 0.1) is 47.8 Å². The van der Waals surface area contributed by atoms with Crippen molar-refractivity contribution in [2.75, 3.05) is 22.6 Å². The van der Waals surface area contributed by atoms with Gasteiger partial charge in [-0.25, -0.2) is 34.5 Å². The van der Waals surface area contributed by atoms with Gasteiger partial charge in [-0.15, -0.1) is 0 Å². The first-order valence-corrected chi connectivity index (χ1v) is 37.9. The summed E-state index contributed by atoms with van der Waals surface area (Å²) in [5.74, 6) is -11.9. The SMILES string of the molecule is CCCCCOC(=O)Nc1nc(=O)n([C@@H]2O[C@H](C)[C@@H](OC(=O)OCc3ccc(NC(=O)[C@H](CC(N)=O)CC(=O)[C@H](C)NC(=O)[C@H](C)CC(=O)CCCCCCC(=O)NO)cc3)[C@H]2O)cc1F.C[C@H](CC(=O)CCCCCCC(=O)NO)C(=O)N[C@@H](C)C(=O)C[C@@H](CC(N)=O)C(=O)Nc1ccc(COC(=O)Oc2ccc([N+](=O)[O-])cc2)cc1. The predicted octanol–water partition coefficient (Wildman–Crippen LogP) is 7.10. The summed E-state index contributed by atoms with van der Waals surface area (Å²) in [4.78, 5) is 211. The molecule has 9 amide bonds. The number of ether oxygens (including phenoxy) is 6. The van der Waals surface area contributed by atoms with Crippen molar-refractivity contribution < 1.29 is 125 Å². The van der Waals surface area contributed by atoms with Crippen molar-refractivity contribution >= 4 is 112 Å². The molecular formula is C77H103FN12O27. The van der Waals surface area contributed by atoms with Crippen molar-refractivity contribution in [3.63, 3.8) is 0 Å². The van der Waals surface area contributed by atoms with Gasteiger partial charge in [0.15, 0.2) is 35.5 Å². The molecule has 3 aromatic carbocycles. The summed E-state index contributed by atoms with van der Waals surface area (Å²) in [6.45, 7) is 8.93. The number of nitrogens with two attached hydrogens (primary N) is 2. The van der Waals surface area contributed by atoms with Gasteiger partial charge in [-0.3, -0.25) is 87.9 Å². The van der Waals surface area contributed by atoms with Gasteiger partial charge in [-0.1, -0.05) is 83.6 Å². The number of ketones is 4. The Labute approximate surface area is 671 Å². The third-order valence-electron chi connectivity index (χ3n) is 18.1. The van der Waals surface area contributed by atoms with Crippen LogP contribution in [0.15, 0.2) is 83.8 Å². The number of primary amides is 2. The zero-order valence-electron chi connectivity index (χ0n) is 65.8. The van der Waals surface area contributed by atoms with Crippen molar-refractivity contribution in [3.05, 3.63) is 117 Å². The van der Waals surface area contributed by atoms with Crippen LogP contribution in [0.1, 0.15) is 194 Å². The molecule has 14 N–H and O–H groups in total. The molecule has 0 bridgehead atoms. The minimum absolute atomic E-state index is 0.0243. The molecule has 10 atom stereocenters. The maximum atomic E-state index is 14.8. The predicted molar refractivity (Wildman–Crippen MR) is 410 cm³/mol. The average Bonchev–Trinajstić information content (AvgIpc) is 1.65. The third-order valence-corrected chi connectivity index (χ3v) is 18.1. The van der Waals surface area contributed by atoms with E-state index in [4.69, 9.17) is 50.3 Å². The Morgan fingerprint density at radius 2 is 1.03 bits per heavy atom. The van der Waals surface area contributed by atoms with Crippen LogP contribution in [0.4, 0.5) is 41.7 Å². The van der Waals surface area contributed by atoms with Gasteiger partial charge in [-0.05, 0) is 100 Å². The Hall–Kier alpha value is -12.0. The molecule has 0 unspecified atom stereocenters. The first-order valence-electron chi connectivity index (χ1n) is 37.9. The number of aliphatic hydroxyl groups excluding tert-OH is 1. The fraction of sp³-hybridized carbons (Fsp3) is 0.519. The van der Waals surface area contributed by atoms with Crippen molar-refractivity contribution in [3.8, 4) is 5.75 Å². The van der Waals surface area contributed by atoms with Crippen LogP contribution in [0, 0.1) is 39.6 Å². The van der Waals surface area contributed by atoms with Gasteiger partial charge in [-0.2, -0.15) is 4.98 Å². The number of nitro groups is 1. The maximum absolute atomic E-state index is 14.8. The largest absolute Gasteiger partial charge is 0.514 e. The van der Waals surface area contributed by atoms with E-state index in [1.165, 1.54) is 81.4 Å². The van der Waals surface area contributed by atoms with E-state index >= 15 is 0 Å². The molecule has 640 valence electrons. The van der Waals surface area contributed by atoms with Crippen molar-refractivity contribution in [1.29, 1.82) is 0 Å². The van der Waals surface area contributed by atoms with Gasteiger partial charge in [0.1, 0.15) is 36.6 Å². The first kappa shape index (κ1) is 97.3. The Kier molecular flexibility index (Phi) is 42.4. The van der Waals surface area contributed by atoms with E-state index in [1.807, 2.05) is 6.92 Å². The van der Waals surface area contributed by atoms with Crippen molar-refractivity contribution in [2.24, 2.45) is 35.1 Å². The zero-order chi connectivity index (χ0) is 86.8. The standard InChI is InChI=1S/C43H60FN7O15.C34H43N5O12/c1-5-6-11-18-63-42(60)49-37-31(44)22-51(41(59)48-37)40-35(56)36(26(4)65-40)66-43(61)64-23-27-14-16-29(17-15-27)47-39(58)28(21-33(45)54)20-32(53)25(3)46-38(57)24(2)19-30(52)12-9-7-8-10-13-34(55)50-62;1-21(17-27(40)7-5-3-4-6-8-31(43)38-47)32(44)36-22(2)29(41)18-24(19-30(35)42)33(45)37-25-11-9-23(10-12-25)20-50-34(46)51-28-15-13-26(14-16-28)39(48)49/h14-17,22,24-26,28,35-36,40,56,62H,5-13,18-21,23H2,1-4H3,(H2,45,54)(H,46,57)(H,47,58)(H,50,55)(H,48,49,59,60);9-16,21-22,24,47H,3-8,17-20H2,1-2H3,(H2,35,42)(H,36,44)(H,37,45)(H,38,43)/t24-,25+,26-,28+,35-,36-,40-;21-,22+,24+/m11/s1. The van der Waals surface area contributed by atoms with Crippen LogP contribution in [0.2, 0.25) is 0 Å². The number of halogens is 1. The number of aromatic nitrogens is 2. The number of hydrogen-bond donors (Lipinski definition) is 12. The quantitative estimate of drug-likeness (QED) is 0.00399. The number of Topliss-reactive ketones (excluding diaryl/α,β-unsaturated/α-hetero) is 4. The lowest BCUT2D eigenvalue weighted by atomic mass is 9.94. The molecule has 1 aliphatic rings. The zero-order valence-corrected chi connectivity index (χ0v) is 65.8. The number of nitro benzene ring substituents is 1. The molecular weight excluding hydrogens is 1540 g/mol. The fourth-order valence-corrected chi connectivity index (χ4v) is 11.4. The summed E-state index contributed by atoms with van der Waals surface area (Å²) < 4.78 is 46.5. The number of carbonyl (C=O) groups is 15. The highest BCUT2D eigenvalue weighted by atomic mass is 19.1. The summed E-state index contributed by atoms with van der Waals surface area (Å²) in [6, 6.07) is 14.8. The molecule has 2 heterocycles. The molecule has 1 fully saturated rings. The molecule has 0 saturated carbocycles. The van der Waals surface area contributed by atoms with Crippen molar-refractivity contribution in [1.82, 2.24) is 31.1 Å². The lowest BCUT2D eigenvalue weighted by molar-refractivity contribution is -0.384. The van der Waals surface area contributed by atoms with Crippen LogP contribution >= 0.6 is 0 Å². The number of anilines is 3. The van der Waals surface area contributed by atoms with E-state index in [0.29, 0.717) is 85.4 Å². The molecule has 117 heavy (non-hydrogen) atoms. The normalized spacial score (nSPS) is 15.5. The second-order valence-corrected chi connectivity index (χ2v) is 27.9. The van der Waals surface area contributed by atoms with E-state index in [9.17, 15) is 96.3 Å². The fourth-order valence-electron chi connectivity index (χ4n) is 11.4. The number of benzene rings is 3. The van der Waals surface area contributed by atoms with Gasteiger partial charge in [0.2, 0.25) is 47.3 Å². The number of non-ortho nitro benzene ring substituents is 1. The molecule has 1 aromatic heterocycles. The van der Waals surface area contributed by atoms with E-state index in [-0.39, 0.29) is 87.0 Å². The highest BCUT2D eigenvalue weighted by molar-refractivity contribution is 6.01. The topological polar surface area (TPSA) is 586 Å². The van der Waals surface area contributed by atoms with Crippen LogP contribution in [0.3, 0.4) is 0 Å². The molecule has 0 spiro atoms. The number of hydrogen-bond acceptors (Lipinski definition) is 28. The molecule has 40 heteroatoms. The number of aliphatic hydroxyl groups is 1. The highest BCUT2D eigenvalue weighted by Crippen LogP contribution is 2.32. The Balaban J connectivity index is 0.000000509. The summed E-state index contributed by atoms with van der Waals surface area (Å²) in [5, 5.41) is 51.0. The molecule has 5 rings (SSSR count). The first-order chi connectivity index (χ1) is 55.5. The minimum Gasteiger partial charge on any atom is -0.449 e. The lowest BCUT2D eigenvalue weighted by Crippen LogP contribution is -2.43. The molecule has 39 nitrogen and oxygen atoms in total. The summed E-state index contributed by atoms with van der Waals surface area (Å²) in [7, 11) is 0. The van der Waals surface area contributed by atoms with Crippen LogP contribution < -0.4 is 59.4 Å². The van der Waals surface area contributed by atoms with Gasteiger partial charge >= 0.3 is 24.1 Å². The monoisotopic (exact) mass is 1650 g/mol. The average molecular weight is 1650 g/mol. The molecule has 4 aromatic rings. The summed E-state index contributed by atoms with van der Waals surface area (Å²) in [6.07, 6.45) is -1.68. The molecule has 1 saturated heterocycles. The third kappa shape index (κ3) is 36.5. The summed E-state index contributed by atoms with van der Waals surface area (Å²) in [5.41, 5.74) is 14.1. The van der Waals surface area contributed by atoms with Gasteiger partial charge < -0.3 is 66.3 Å². The molecule has 0 aliphatic carbocycles. The lowest BCUT2D eigenvalue weighted by Gasteiger charge is -2.20. The minimum atomic E-state index is -1.67. The number of amides is 9. The molecule has 0 radical (unpaired) electrons. The Morgan fingerprint density at radius 3 is 1.45 bits per heavy atom. The van der Waals surface area contributed by atoms with Crippen LogP contribution in [-0.4, -0.2) is 156 Å². The number of rotatable bonds is 49. The maximum Gasteiger partial charge on any atom is 0.514 e. The van der Waals surface area contributed by atoms with Gasteiger partial charge in [0.25, 0.3) is 5.69 Å². The van der Waals surface area contributed by atoms with E-state index < -0.39 is 185 Å². The summed E-state index contributed by atoms with van der Waals surface area (Å²) >= 11 is 0. The Bertz CT molecular complexity index is 4130. The number of carbonyl (C=O) groups excluding carboxylic acids is 15. The molecule has 1 aliphatic heterocycles. The number of nitrogens with zero attached hydrogens (tertiary/aromatic N) is 3. The number of unbranched alkanes of at least 4 members (excludes halogenated alkanes) is 8. The number of hydroxylamine groups is 2. The van der Waals surface area contributed by atoms with E-state index in [2.05, 4.69) is 31.6 Å². The Morgan fingerprint density at radius 1 is 0.581 bits per heavy atom. The number of nitrogens with one attached hydrogen (secondary N) is 7.